The van der Waals surface area contributed by atoms with Crippen molar-refractivity contribution in [1.29, 1.82) is 0 Å². The predicted octanol–water partition coefficient (Wildman–Crippen LogP) is 4.57. The van der Waals surface area contributed by atoms with Gasteiger partial charge in [-0.05, 0) is 74.5 Å². The van der Waals surface area contributed by atoms with Crippen LogP contribution in [0.1, 0.15) is 58.9 Å². The average Bonchev–Trinajstić information content (AvgIpc) is 2.85. The molecule has 0 N–H and O–H groups in total. The summed E-state index contributed by atoms with van der Waals surface area (Å²) in [6.45, 7) is 5.94. The second kappa shape index (κ2) is 10.6. The zero-order valence-corrected chi connectivity index (χ0v) is 20.0. The number of nitrogens with zero attached hydrogens (tertiary/aromatic N) is 3. The molecule has 0 aromatic heterocycles. The SMILES string of the molecule is CC1CCCN(C2CCN(C(=O)c3ccc(C(=O)N(C)Cc4c(F)cccc4F)cc3)CC2)C1. The summed E-state index contributed by atoms with van der Waals surface area (Å²) < 4.78 is 27.8. The molecule has 0 spiro atoms. The van der Waals surface area contributed by atoms with Gasteiger partial charge < -0.3 is 9.80 Å². The van der Waals surface area contributed by atoms with Crippen molar-refractivity contribution in [2.75, 3.05) is 33.2 Å². The molecule has 7 heteroatoms. The van der Waals surface area contributed by atoms with Gasteiger partial charge in [0.1, 0.15) is 11.6 Å². The smallest absolute Gasteiger partial charge is 0.253 e. The van der Waals surface area contributed by atoms with Crippen molar-refractivity contribution in [2.24, 2.45) is 5.92 Å². The first-order valence-electron chi connectivity index (χ1n) is 12.1. The normalized spacial score (nSPS) is 19.8. The fourth-order valence-corrected chi connectivity index (χ4v) is 5.14. The average molecular weight is 470 g/mol. The van der Waals surface area contributed by atoms with Gasteiger partial charge >= 0.3 is 0 Å². The van der Waals surface area contributed by atoms with Gasteiger partial charge in [0.15, 0.2) is 0 Å². The van der Waals surface area contributed by atoms with Crippen LogP contribution in [0.5, 0.6) is 0 Å². The highest BCUT2D eigenvalue weighted by Gasteiger charge is 2.29. The Kier molecular flexibility index (Phi) is 7.61. The quantitative estimate of drug-likeness (QED) is 0.644. The van der Waals surface area contributed by atoms with Crippen LogP contribution in [-0.2, 0) is 6.54 Å². The van der Waals surface area contributed by atoms with Crippen molar-refractivity contribution in [3.05, 3.63) is 70.8 Å². The van der Waals surface area contributed by atoms with Crippen LogP contribution < -0.4 is 0 Å². The molecule has 0 bridgehead atoms. The third-order valence-electron chi connectivity index (χ3n) is 7.14. The standard InChI is InChI=1S/C27H33F2N3O2/c1-19-5-4-14-32(17-19)22-12-15-31(16-13-22)27(34)21-10-8-20(9-11-21)26(33)30(2)18-23-24(28)6-3-7-25(23)29/h3,6-11,19,22H,4-5,12-18H2,1-2H3. The Hall–Kier alpha value is -2.80. The van der Waals surface area contributed by atoms with E-state index < -0.39 is 11.6 Å². The highest BCUT2D eigenvalue weighted by Crippen LogP contribution is 2.24. The Bertz CT molecular complexity index is 999. The molecule has 1 atom stereocenters. The third-order valence-corrected chi connectivity index (χ3v) is 7.14. The Labute approximate surface area is 200 Å². The summed E-state index contributed by atoms with van der Waals surface area (Å²) in [6, 6.07) is 10.7. The molecule has 2 aliphatic rings. The summed E-state index contributed by atoms with van der Waals surface area (Å²) in [7, 11) is 1.50. The maximum Gasteiger partial charge on any atom is 0.253 e. The van der Waals surface area contributed by atoms with Crippen LogP contribution in [0, 0.1) is 17.6 Å². The lowest BCUT2D eigenvalue weighted by atomic mass is 9.95. The van der Waals surface area contributed by atoms with E-state index in [4.69, 9.17) is 0 Å². The molecular weight excluding hydrogens is 436 g/mol. The van der Waals surface area contributed by atoms with Crippen molar-refractivity contribution < 1.29 is 18.4 Å². The lowest BCUT2D eigenvalue weighted by Crippen LogP contribution is -2.49. The van der Waals surface area contributed by atoms with Gasteiger partial charge in [-0.2, -0.15) is 0 Å². The molecule has 2 amide bonds. The second-order valence-electron chi connectivity index (χ2n) is 9.70. The third kappa shape index (κ3) is 5.46. The molecule has 2 fully saturated rings. The number of carbonyl (C=O) groups excluding carboxylic acids is 2. The van der Waals surface area contributed by atoms with E-state index in [-0.39, 0.29) is 23.9 Å². The lowest BCUT2D eigenvalue weighted by Gasteiger charge is -2.41. The highest BCUT2D eigenvalue weighted by molar-refractivity contribution is 5.97. The van der Waals surface area contributed by atoms with Crippen LogP contribution in [-0.4, -0.2) is 65.8 Å². The van der Waals surface area contributed by atoms with Crippen molar-refractivity contribution >= 4 is 11.8 Å². The van der Waals surface area contributed by atoms with Crippen LogP contribution in [0.2, 0.25) is 0 Å². The number of hydrogen-bond donors (Lipinski definition) is 0. The van der Waals surface area contributed by atoms with Gasteiger partial charge in [-0.25, -0.2) is 8.78 Å². The zero-order chi connectivity index (χ0) is 24.2. The molecule has 2 heterocycles. The van der Waals surface area contributed by atoms with E-state index in [1.54, 1.807) is 24.3 Å². The molecule has 4 rings (SSSR count). The largest absolute Gasteiger partial charge is 0.339 e. The van der Waals surface area contributed by atoms with E-state index in [1.807, 2.05) is 4.90 Å². The van der Waals surface area contributed by atoms with Gasteiger partial charge in [-0.15, -0.1) is 0 Å². The van der Waals surface area contributed by atoms with Crippen molar-refractivity contribution in [1.82, 2.24) is 14.7 Å². The van der Waals surface area contributed by atoms with Gasteiger partial charge in [0.25, 0.3) is 11.8 Å². The molecule has 2 aliphatic heterocycles. The molecule has 34 heavy (non-hydrogen) atoms. The molecule has 0 saturated carbocycles. The molecule has 5 nitrogen and oxygen atoms in total. The van der Waals surface area contributed by atoms with E-state index in [1.165, 1.54) is 43.0 Å². The summed E-state index contributed by atoms with van der Waals surface area (Å²) >= 11 is 0. The van der Waals surface area contributed by atoms with Crippen LogP contribution in [0.4, 0.5) is 8.78 Å². The number of carbonyl (C=O) groups is 2. The lowest BCUT2D eigenvalue weighted by molar-refractivity contribution is 0.0541. The van der Waals surface area contributed by atoms with Gasteiger partial charge in [-0.1, -0.05) is 13.0 Å². The minimum absolute atomic E-state index is 0.0220. The van der Waals surface area contributed by atoms with Gasteiger partial charge in [-0.3, -0.25) is 14.5 Å². The molecule has 2 saturated heterocycles. The summed E-state index contributed by atoms with van der Waals surface area (Å²) in [5.74, 6) is -0.998. The van der Waals surface area contributed by atoms with E-state index >= 15 is 0 Å². The molecular formula is C27H33F2N3O2. The van der Waals surface area contributed by atoms with Gasteiger partial charge in [0, 0.05) is 49.4 Å². The summed E-state index contributed by atoms with van der Waals surface area (Å²) in [6.07, 6.45) is 4.55. The Balaban J connectivity index is 1.33. The molecule has 2 aromatic carbocycles. The molecule has 0 aliphatic carbocycles. The fourth-order valence-electron chi connectivity index (χ4n) is 5.14. The van der Waals surface area contributed by atoms with Crippen LogP contribution in [0.25, 0.3) is 0 Å². The van der Waals surface area contributed by atoms with Crippen LogP contribution in [0.3, 0.4) is 0 Å². The number of likely N-dealkylation sites (tertiary alicyclic amines) is 2. The number of amides is 2. The Morgan fingerprint density at radius 3 is 2.18 bits per heavy atom. The maximum atomic E-state index is 13.9. The van der Waals surface area contributed by atoms with Gasteiger partial charge in [0.2, 0.25) is 0 Å². The maximum absolute atomic E-state index is 13.9. The van der Waals surface area contributed by atoms with E-state index in [9.17, 15) is 18.4 Å². The zero-order valence-electron chi connectivity index (χ0n) is 20.0. The first kappa shape index (κ1) is 24.3. The number of rotatable bonds is 5. The van der Waals surface area contributed by atoms with Crippen molar-refractivity contribution in [3.8, 4) is 0 Å². The van der Waals surface area contributed by atoms with Gasteiger partial charge in [0.05, 0.1) is 6.54 Å². The summed E-state index contributed by atoms with van der Waals surface area (Å²) in [5, 5.41) is 0. The monoisotopic (exact) mass is 469 g/mol. The molecule has 2 aromatic rings. The first-order chi connectivity index (χ1) is 16.3. The minimum atomic E-state index is -0.681. The highest BCUT2D eigenvalue weighted by atomic mass is 19.1. The number of hydrogen-bond acceptors (Lipinski definition) is 3. The molecule has 0 radical (unpaired) electrons. The topological polar surface area (TPSA) is 43.9 Å². The van der Waals surface area contributed by atoms with E-state index in [0.29, 0.717) is 17.2 Å². The van der Waals surface area contributed by atoms with Crippen LogP contribution in [0.15, 0.2) is 42.5 Å². The first-order valence-corrected chi connectivity index (χ1v) is 12.1. The predicted molar refractivity (Wildman–Crippen MR) is 127 cm³/mol. The molecule has 1 unspecified atom stereocenters. The van der Waals surface area contributed by atoms with E-state index in [0.717, 1.165) is 44.9 Å². The molecule has 182 valence electrons. The number of piperidine rings is 2. The second-order valence-corrected chi connectivity index (χ2v) is 9.70. The van der Waals surface area contributed by atoms with Crippen LogP contribution >= 0.6 is 0 Å². The summed E-state index contributed by atoms with van der Waals surface area (Å²) in [5.41, 5.74) is 0.769. The van der Waals surface area contributed by atoms with Crippen molar-refractivity contribution in [3.63, 3.8) is 0 Å². The van der Waals surface area contributed by atoms with Crippen molar-refractivity contribution in [2.45, 2.75) is 45.2 Å². The minimum Gasteiger partial charge on any atom is -0.339 e. The Morgan fingerprint density at radius 1 is 0.941 bits per heavy atom. The fraction of sp³-hybridized carbons (Fsp3) is 0.481. The number of benzene rings is 2. The van der Waals surface area contributed by atoms with E-state index in [2.05, 4.69) is 11.8 Å². The number of halogens is 2. The Morgan fingerprint density at radius 2 is 1.56 bits per heavy atom. The summed E-state index contributed by atoms with van der Waals surface area (Å²) in [4.78, 5) is 31.5.